The van der Waals surface area contributed by atoms with Crippen molar-refractivity contribution >= 4 is 17.5 Å². The van der Waals surface area contributed by atoms with Crippen molar-refractivity contribution in [3.63, 3.8) is 0 Å². The summed E-state index contributed by atoms with van der Waals surface area (Å²) in [5.41, 5.74) is 6.54. The van der Waals surface area contributed by atoms with Crippen molar-refractivity contribution in [2.75, 3.05) is 25.5 Å². The molecule has 0 aromatic heterocycles. The maximum atomic E-state index is 12.7. The smallest absolute Gasteiger partial charge is 0.279 e. The first kappa shape index (κ1) is 24.6. The van der Waals surface area contributed by atoms with E-state index in [1.54, 1.807) is 0 Å². The Morgan fingerprint density at radius 1 is 0.935 bits per heavy atom. The summed E-state index contributed by atoms with van der Waals surface area (Å²) in [4.78, 5) is 26.1. The molecule has 168 valence electrons. The predicted octanol–water partition coefficient (Wildman–Crippen LogP) is 3.14. The van der Waals surface area contributed by atoms with Gasteiger partial charge >= 0.3 is 0 Å². The molecule has 0 spiro atoms. The Labute approximate surface area is 187 Å². The number of carbonyl (C=O) groups is 2. The van der Waals surface area contributed by atoms with Gasteiger partial charge in [0.1, 0.15) is 0 Å². The average molecular weight is 425 g/mol. The molecule has 2 aromatic rings. The normalized spacial score (nSPS) is 13.0. The highest BCUT2D eigenvalue weighted by atomic mass is 16.2. The summed E-state index contributed by atoms with van der Waals surface area (Å²) >= 11 is 0. The Balaban J connectivity index is 1.93. The molecule has 0 aliphatic heterocycles. The Morgan fingerprint density at radius 2 is 1.48 bits per heavy atom. The van der Waals surface area contributed by atoms with Gasteiger partial charge in [-0.1, -0.05) is 62.7 Å². The lowest BCUT2D eigenvalue weighted by molar-refractivity contribution is -0.862. The van der Waals surface area contributed by atoms with E-state index in [-0.39, 0.29) is 36.9 Å². The fourth-order valence-electron chi connectivity index (χ4n) is 3.99. The second-order valence-electron chi connectivity index (χ2n) is 9.02. The number of carbonyl (C=O) groups excluding carboxylic acids is 2. The van der Waals surface area contributed by atoms with Gasteiger partial charge in [0.15, 0.2) is 13.1 Å². The van der Waals surface area contributed by atoms with E-state index < -0.39 is 0 Å². The van der Waals surface area contributed by atoms with Crippen LogP contribution >= 0.6 is 0 Å². The zero-order chi connectivity index (χ0) is 23.1. The van der Waals surface area contributed by atoms with Crippen LogP contribution in [0.2, 0.25) is 0 Å². The van der Waals surface area contributed by atoms with E-state index in [9.17, 15) is 9.59 Å². The topological polar surface area (TPSA) is 62.6 Å². The van der Waals surface area contributed by atoms with Crippen molar-refractivity contribution in [1.82, 2.24) is 5.32 Å². The molecule has 5 heteroatoms. The van der Waals surface area contributed by atoms with Gasteiger partial charge < -0.3 is 15.5 Å². The number of quaternary nitrogens is 1. The van der Waals surface area contributed by atoms with Gasteiger partial charge in [0, 0.05) is 5.69 Å². The summed E-state index contributed by atoms with van der Waals surface area (Å²) in [6.45, 7) is 12.9. The lowest BCUT2D eigenvalue weighted by Crippen LogP contribution is -3.11. The van der Waals surface area contributed by atoms with E-state index in [1.807, 2.05) is 27.8 Å². The molecule has 0 fully saturated rings. The van der Waals surface area contributed by atoms with Crippen LogP contribution in [0.25, 0.3) is 0 Å². The number of likely N-dealkylation sites (N-methyl/N-ethyl adjacent to an activating group) is 1. The fraction of sp³-hybridized carbons (Fsp3) is 0.462. The first-order chi connectivity index (χ1) is 14.6. The molecule has 0 radical (unpaired) electrons. The van der Waals surface area contributed by atoms with Crippen LogP contribution in [0.15, 0.2) is 36.4 Å². The maximum absolute atomic E-state index is 12.7. The number of anilines is 1. The van der Waals surface area contributed by atoms with Gasteiger partial charge in [0.2, 0.25) is 0 Å². The molecular formula is C26H38N3O2+. The summed E-state index contributed by atoms with van der Waals surface area (Å²) in [5.74, 6) is 0.134. The Bertz CT molecular complexity index is 880. The Hall–Kier alpha value is -2.66. The minimum absolute atomic E-state index is 0.0436. The largest absolute Gasteiger partial charge is 0.344 e. The molecule has 0 saturated heterocycles. The number of rotatable bonds is 9. The zero-order valence-electron chi connectivity index (χ0n) is 20.1. The maximum Gasteiger partial charge on any atom is 0.279 e. The highest BCUT2D eigenvalue weighted by Crippen LogP contribution is 2.22. The number of benzene rings is 2. The van der Waals surface area contributed by atoms with Crippen molar-refractivity contribution < 1.29 is 14.5 Å². The Kier molecular flexibility index (Phi) is 8.81. The third-order valence-corrected chi connectivity index (χ3v) is 5.60. The van der Waals surface area contributed by atoms with Crippen LogP contribution in [0.4, 0.5) is 5.69 Å². The minimum atomic E-state index is -0.0871. The first-order valence-corrected chi connectivity index (χ1v) is 11.2. The second kappa shape index (κ2) is 11.1. The molecule has 0 saturated carbocycles. The van der Waals surface area contributed by atoms with Crippen molar-refractivity contribution in [2.24, 2.45) is 5.92 Å². The number of aryl methyl sites for hydroxylation is 4. The second-order valence-corrected chi connectivity index (χ2v) is 9.02. The summed E-state index contributed by atoms with van der Waals surface area (Å²) in [6.07, 6.45) is 0.997. The van der Waals surface area contributed by atoms with E-state index in [0.29, 0.717) is 0 Å². The number of hydrogen-bond donors (Lipinski definition) is 3. The van der Waals surface area contributed by atoms with Crippen LogP contribution in [-0.4, -0.2) is 32.0 Å². The van der Waals surface area contributed by atoms with E-state index in [2.05, 4.69) is 67.8 Å². The molecule has 3 N–H and O–H groups in total. The number of nitrogens with one attached hydrogen (secondary N) is 3. The van der Waals surface area contributed by atoms with E-state index in [4.69, 9.17) is 0 Å². The quantitative estimate of drug-likeness (QED) is 0.579. The van der Waals surface area contributed by atoms with Gasteiger partial charge in [-0.05, 0) is 55.4 Å². The minimum Gasteiger partial charge on any atom is -0.344 e. The fourth-order valence-corrected chi connectivity index (χ4v) is 3.99. The van der Waals surface area contributed by atoms with Gasteiger partial charge in [-0.2, -0.15) is 0 Å². The van der Waals surface area contributed by atoms with Crippen LogP contribution in [0.3, 0.4) is 0 Å². The number of hydrogen-bond acceptors (Lipinski definition) is 2. The monoisotopic (exact) mass is 424 g/mol. The number of amides is 2. The van der Waals surface area contributed by atoms with E-state index >= 15 is 0 Å². The summed E-state index contributed by atoms with van der Waals surface area (Å²) in [5, 5.41) is 6.17. The molecule has 2 amide bonds. The van der Waals surface area contributed by atoms with Crippen LogP contribution < -0.4 is 15.5 Å². The van der Waals surface area contributed by atoms with Crippen molar-refractivity contribution in [1.29, 1.82) is 0 Å². The Morgan fingerprint density at radius 3 is 2.00 bits per heavy atom. The average Bonchev–Trinajstić information content (AvgIpc) is 2.68. The summed E-state index contributed by atoms with van der Waals surface area (Å²) in [6, 6.07) is 12.5. The highest BCUT2D eigenvalue weighted by Gasteiger charge is 2.21. The predicted molar refractivity (Wildman–Crippen MR) is 127 cm³/mol. The molecule has 31 heavy (non-hydrogen) atoms. The van der Waals surface area contributed by atoms with Gasteiger partial charge in [0.25, 0.3) is 11.8 Å². The first-order valence-electron chi connectivity index (χ1n) is 11.2. The third kappa shape index (κ3) is 7.21. The van der Waals surface area contributed by atoms with Crippen LogP contribution in [0.5, 0.6) is 0 Å². The summed E-state index contributed by atoms with van der Waals surface area (Å²) < 4.78 is 0. The summed E-state index contributed by atoms with van der Waals surface area (Å²) in [7, 11) is 1.87. The van der Waals surface area contributed by atoms with Gasteiger partial charge in [0.05, 0.1) is 13.1 Å². The van der Waals surface area contributed by atoms with Crippen LogP contribution in [-0.2, 0) is 16.0 Å². The van der Waals surface area contributed by atoms with Crippen molar-refractivity contribution in [3.05, 3.63) is 64.2 Å². The van der Waals surface area contributed by atoms with E-state index in [1.165, 1.54) is 11.1 Å². The van der Waals surface area contributed by atoms with Gasteiger partial charge in [-0.3, -0.25) is 9.59 Å². The van der Waals surface area contributed by atoms with Crippen LogP contribution in [0, 0.1) is 26.7 Å². The van der Waals surface area contributed by atoms with Crippen molar-refractivity contribution in [3.8, 4) is 0 Å². The molecule has 2 rings (SSSR count). The molecule has 0 heterocycles. The zero-order valence-corrected chi connectivity index (χ0v) is 20.1. The van der Waals surface area contributed by atoms with Crippen molar-refractivity contribution in [2.45, 2.75) is 54.0 Å². The van der Waals surface area contributed by atoms with Crippen LogP contribution in [0.1, 0.15) is 54.6 Å². The standard InChI is InChI=1S/C26H37N3O2/c1-8-21-9-11-22(12-10-21)25(17(2)3)27-23(30)15-29(7)16-24(31)28-26-19(5)13-18(4)14-20(26)6/h9-14,17,25H,8,15-16H2,1-7H3,(H,27,30)(H,28,31)/p+1/t25-/m0/s1. The SMILES string of the molecule is CCc1ccc([C@@H](NC(=O)C[NH+](C)CC(=O)Nc2c(C)cc(C)cc2C)C(C)C)cc1. The molecule has 2 aromatic carbocycles. The van der Waals surface area contributed by atoms with E-state index in [0.717, 1.165) is 33.7 Å². The van der Waals surface area contributed by atoms with Gasteiger partial charge in [-0.25, -0.2) is 0 Å². The lowest BCUT2D eigenvalue weighted by atomic mass is 9.95. The third-order valence-electron chi connectivity index (χ3n) is 5.60. The molecule has 0 aliphatic carbocycles. The molecule has 5 nitrogen and oxygen atoms in total. The molecule has 1 unspecified atom stereocenters. The lowest BCUT2D eigenvalue weighted by Gasteiger charge is -2.24. The highest BCUT2D eigenvalue weighted by molar-refractivity contribution is 5.93. The van der Waals surface area contributed by atoms with Gasteiger partial charge in [-0.15, -0.1) is 0 Å². The molecule has 0 aliphatic rings. The molecule has 0 bridgehead atoms. The molecule has 2 atom stereocenters. The molecular weight excluding hydrogens is 386 g/mol.